The largest absolute Gasteiger partial charge is 0.508 e. The molecule has 0 saturated carbocycles. The van der Waals surface area contributed by atoms with Crippen molar-refractivity contribution in [1.82, 2.24) is 0 Å². The van der Waals surface area contributed by atoms with Crippen LogP contribution in [-0.2, 0) is 6.42 Å². The van der Waals surface area contributed by atoms with E-state index in [1.54, 1.807) is 23.9 Å². The van der Waals surface area contributed by atoms with Crippen LogP contribution >= 0.6 is 11.8 Å². The number of phenolic OH excluding ortho intramolecular Hbond substituents is 2. The summed E-state index contributed by atoms with van der Waals surface area (Å²) in [4.78, 5) is 0.781. The van der Waals surface area contributed by atoms with Gasteiger partial charge in [-0.25, -0.2) is 0 Å². The third-order valence-corrected chi connectivity index (χ3v) is 6.73. The molecule has 2 atom stereocenters. The molecule has 3 aromatic rings. The number of hydrogen-bond donors (Lipinski definition) is 2. The quantitative estimate of drug-likeness (QED) is 0.565. The van der Waals surface area contributed by atoms with Gasteiger partial charge in [0.1, 0.15) is 22.8 Å². The smallest absolute Gasteiger partial charge is 0.134 e. The molecule has 1 aromatic heterocycles. The summed E-state index contributed by atoms with van der Waals surface area (Å²) < 4.78 is 6.22. The molecule has 2 aromatic carbocycles. The van der Waals surface area contributed by atoms with E-state index in [-0.39, 0.29) is 16.7 Å². The maximum Gasteiger partial charge on any atom is 0.134 e. The van der Waals surface area contributed by atoms with Gasteiger partial charge in [0.15, 0.2) is 0 Å². The SMILES string of the molecule is CCC1Cc2c(O)ccc(O)c2SC1c1cc2c(C)cc(C)cc2o1. The van der Waals surface area contributed by atoms with Crippen molar-refractivity contribution in [2.75, 3.05) is 0 Å². The van der Waals surface area contributed by atoms with Crippen LogP contribution in [-0.4, -0.2) is 10.2 Å². The molecule has 0 radical (unpaired) electrons. The Labute approximate surface area is 151 Å². The number of furan rings is 1. The molecule has 2 unspecified atom stereocenters. The lowest BCUT2D eigenvalue weighted by atomic mass is 9.91. The maximum atomic E-state index is 10.3. The highest BCUT2D eigenvalue weighted by atomic mass is 32.2. The second kappa shape index (κ2) is 6.03. The van der Waals surface area contributed by atoms with Gasteiger partial charge < -0.3 is 14.6 Å². The third-order valence-electron chi connectivity index (χ3n) is 5.17. The van der Waals surface area contributed by atoms with Gasteiger partial charge in [0.2, 0.25) is 0 Å². The normalized spacial score (nSPS) is 20.0. The second-order valence-corrected chi connectivity index (χ2v) is 8.12. The zero-order chi connectivity index (χ0) is 17.7. The van der Waals surface area contributed by atoms with Gasteiger partial charge in [-0.15, -0.1) is 11.8 Å². The van der Waals surface area contributed by atoms with Crippen molar-refractivity contribution in [3.8, 4) is 11.5 Å². The maximum absolute atomic E-state index is 10.3. The molecule has 130 valence electrons. The summed E-state index contributed by atoms with van der Waals surface area (Å²) in [6.07, 6.45) is 1.74. The lowest BCUT2D eigenvalue weighted by molar-refractivity contribution is 0.397. The minimum atomic E-state index is 0.136. The summed E-state index contributed by atoms with van der Waals surface area (Å²) in [7, 11) is 0. The van der Waals surface area contributed by atoms with Gasteiger partial charge in [-0.3, -0.25) is 0 Å². The predicted octanol–water partition coefficient (Wildman–Crippen LogP) is 5.88. The molecule has 0 fully saturated rings. The predicted molar refractivity (Wildman–Crippen MR) is 102 cm³/mol. The minimum absolute atomic E-state index is 0.136. The van der Waals surface area contributed by atoms with E-state index < -0.39 is 0 Å². The zero-order valence-corrected chi connectivity index (χ0v) is 15.5. The Morgan fingerprint density at radius 1 is 1.12 bits per heavy atom. The first-order chi connectivity index (χ1) is 12.0. The summed E-state index contributed by atoms with van der Waals surface area (Å²) in [5.74, 6) is 1.81. The standard InChI is InChI=1S/C21H22O3S/c1-4-13-9-15-16(22)5-6-17(23)21(15)25-20(13)19-10-14-12(3)7-11(2)8-18(14)24-19/h5-8,10,13,20,22-23H,4,9H2,1-3H3. The minimum Gasteiger partial charge on any atom is -0.508 e. The first kappa shape index (κ1) is 16.4. The molecule has 1 aliphatic rings. The first-order valence-corrected chi connectivity index (χ1v) is 9.57. The highest BCUT2D eigenvalue weighted by Crippen LogP contribution is 2.54. The van der Waals surface area contributed by atoms with Crippen molar-refractivity contribution < 1.29 is 14.6 Å². The highest BCUT2D eigenvalue weighted by Gasteiger charge is 2.34. The Kier molecular flexibility index (Phi) is 3.95. The van der Waals surface area contributed by atoms with E-state index in [0.717, 1.165) is 40.0 Å². The monoisotopic (exact) mass is 354 g/mol. The Morgan fingerprint density at radius 3 is 2.64 bits per heavy atom. The Morgan fingerprint density at radius 2 is 1.88 bits per heavy atom. The number of phenols is 2. The molecule has 2 N–H and O–H groups in total. The topological polar surface area (TPSA) is 53.6 Å². The van der Waals surface area contributed by atoms with E-state index in [4.69, 9.17) is 4.42 Å². The fourth-order valence-electron chi connectivity index (χ4n) is 3.82. The van der Waals surface area contributed by atoms with E-state index in [9.17, 15) is 10.2 Å². The van der Waals surface area contributed by atoms with E-state index in [0.29, 0.717) is 5.92 Å². The van der Waals surface area contributed by atoms with Crippen LogP contribution < -0.4 is 0 Å². The number of hydrogen-bond acceptors (Lipinski definition) is 4. The third kappa shape index (κ3) is 2.69. The van der Waals surface area contributed by atoms with Gasteiger partial charge in [0, 0.05) is 10.9 Å². The number of rotatable bonds is 2. The molecule has 1 aliphatic heterocycles. The van der Waals surface area contributed by atoms with Crippen LogP contribution in [0.2, 0.25) is 0 Å². The number of fused-ring (bicyclic) bond motifs is 2. The fraction of sp³-hybridized carbons (Fsp3) is 0.333. The van der Waals surface area contributed by atoms with E-state index in [1.165, 1.54) is 11.1 Å². The van der Waals surface area contributed by atoms with Crippen LogP contribution in [0.4, 0.5) is 0 Å². The van der Waals surface area contributed by atoms with E-state index in [2.05, 4.69) is 39.0 Å². The molecular formula is C21H22O3S. The van der Waals surface area contributed by atoms with Crippen molar-refractivity contribution in [3.63, 3.8) is 0 Å². The molecule has 0 aliphatic carbocycles. The average molecular weight is 354 g/mol. The molecule has 0 amide bonds. The number of aromatic hydroxyl groups is 2. The lowest BCUT2D eigenvalue weighted by Crippen LogP contribution is -2.17. The van der Waals surface area contributed by atoms with Crippen molar-refractivity contribution in [3.05, 3.63) is 52.8 Å². The molecular weight excluding hydrogens is 332 g/mol. The molecule has 3 nitrogen and oxygen atoms in total. The van der Waals surface area contributed by atoms with Crippen LogP contribution in [0.3, 0.4) is 0 Å². The molecule has 25 heavy (non-hydrogen) atoms. The van der Waals surface area contributed by atoms with Crippen molar-refractivity contribution in [1.29, 1.82) is 0 Å². The molecule has 0 bridgehead atoms. The van der Waals surface area contributed by atoms with Gasteiger partial charge in [-0.05, 0) is 61.6 Å². The Bertz CT molecular complexity index is 957. The van der Waals surface area contributed by atoms with Gasteiger partial charge in [-0.1, -0.05) is 19.4 Å². The summed E-state index contributed by atoms with van der Waals surface area (Å²) in [6.45, 7) is 6.36. The summed E-state index contributed by atoms with van der Waals surface area (Å²) >= 11 is 1.61. The highest BCUT2D eigenvalue weighted by molar-refractivity contribution is 7.99. The molecule has 0 spiro atoms. The van der Waals surface area contributed by atoms with Crippen LogP contribution in [0, 0.1) is 19.8 Å². The van der Waals surface area contributed by atoms with Gasteiger partial charge in [-0.2, -0.15) is 0 Å². The molecule has 2 heterocycles. The molecule has 4 heteroatoms. The van der Waals surface area contributed by atoms with Crippen molar-refractivity contribution in [2.24, 2.45) is 5.92 Å². The summed E-state index contributed by atoms with van der Waals surface area (Å²) in [6, 6.07) is 9.55. The van der Waals surface area contributed by atoms with Crippen molar-refractivity contribution in [2.45, 2.75) is 43.8 Å². The average Bonchev–Trinajstić information content (AvgIpc) is 3.01. The van der Waals surface area contributed by atoms with Crippen LogP contribution in [0.1, 0.15) is 41.0 Å². The molecule has 4 rings (SSSR count). The summed E-state index contributed by atoms with van der Waals surface area (Å²) in [5, 5.41) is 21.7. The van der Waals surface area contributed by atoms with E-state index in [1.807, 2.05) is 0 Å². The van der Waals surface area contributed by atoms with Crippen LogP contribution in [0.15, 0.2) is 39.6 Å². The number of benzene rings is 2. The Balaban J connectivity index is 1.81. The Hall–Kier alpha value is -2.07. The second-order valence-electron chi connectivity index (χ2n) is 6.96. The van der Waals surface area contributed by atoms with Gasteiger partial charge in [0.25, 0.3) is 0 Å². The van der Waals surface area contributed by atoms with Gasteiger partial charge in [0.05, 0.1) is 10.1 Å². The zero-order valence-electron chi connectivity index (χ0n) is 14.7. The van der Waals surface area contributed by atoms with Crippen molar-refractivity contribution >= 4 is 22.7 Å². The summed E-state index contributed by atoms with van der Waals surface area (Å²) in [5.41, 5.74) is 4.20. The van der Waals surface area contributed by atoms with Crippen LogP contribution in [0.5, 0.6) is 11.5 Å². The number of aryl methyl sites for hydroxylation is 2. The number of thioether (sulfide) groups is 1. The van der Waals surface area contributed by atoms with Crippen LogP contribution in [0.25, 0.3) is 11.0 Å². The van der Waals surface area contributed by atoms with E-state index >= 15 is 0 Å². The lowest BCUT2D eigenvalue weighted by Gasteiger charge is -2.31. The first-order valence-electron chi connectivity index (χ1n) is 8.69. The van der Waals surface area contributed by atoms with Gasteiger partial charge >= 0.3 is 0 Å². The molecule has 0 saturated heterocycles. The fourth-order valence-corrected chi connectivity index (χ4v) is 5.31.